The van der Waals surface area contributed by atoms with E-state index in [1.54, 1.807) is 0 Å². The number of aromatic nitrogens is 2. The molecule has 0 bridgehead atoms. The van der Waals surface area contributed by atoms with Crippen LogP contribution in [-0.2, 0) is 0 Å². The first-order valence-corrected chi connectivity index (χ1v) is 10.4. The third kappa shape index (κ3) is 6.13. The first-order valence-electron chi connectivity index (χ1n) is 9.64. The van der Waals surface area contributed by atoms with Crippen LogP contribution in [0.3, 0.4) is 0 Å². The van der Waals surface area contributed by atoms with Crippen LogP contribution in [0.1, 0.15) is 37.8 Å². The van der Waals surface area contributed by atoms with Gasteiger partial charge in [0.15, 0.2) is 17.5 Å². The quantitative estimate of drug-likeness (QED) is 0.175. The molecule has 6 N–H and O–H groups in total. The Hall–Kier alpha value is -2.73. The standard InChI is InChI=1S/C18H24BrFN8O2/c19-13-10-12(6-7-14(13)20)24-17(26-29)15-16(28-30-27-15)22-8-9-23-18(21)25-11-4-2-1-3-5-11/h6-7,10-11,29H,1-5,8-9H2,(H,22,28)(H,24,26)(H3,21,23,25). The third-order valence-electron chi connectivity index (χ3n) is 4.61. The van der Waals surface area contributed by atoms with E-state index in [2.05, 4.69) is 46.9 Å². The van der Waals surface area contributed by atoms with Crippen molar-refractivity contribution in [3.05, 3.63) is 34.2 Å². The van der Waals surface area contributed by atoms with E-state index in [1.807, 2.05) is 5.48 Å². The van der Waals surface area contributed by atoms with E-state index in [0.29, 0.717) is 30.8 Å². The molecule has 1 heterocycles. The second-order valence-electron chi connectivity index (χ2n) is 6.81. The number of nitrogens with zero attached hydrogens (tertiary/aromatic N) is 4. The van der Waals surface area contributed by atoms with Crippen molar-refractivity contribution in [1.82, 2.24) is 21.1 Å². The van der Waals surface area contributed by atoms with Gasteiger partial charge in [-0.05, 0) is 57.3 Å². The molecule has 1 aliphatic carbocycles. The Morgan fingerprint density at radius 3 is 2.83 bits per heavy atom. The van der Waals surface area contributed by atoms with Crippen molar-refractivity contribution in [3.8, 4) is 0 Å². The lowest BCUT2D eigenvalue weighted by Crippen LogP contribution is -2.41. The zero-order valence-corrected chi connectivity index (χ0v) is 17.8. The van der Waals surface area contributed by atoms with Crippen LogP contribution in [0.5, 0.6) is 0 Å². The Kier molecular flexibility index (Phi) is 7.97. The van der Waals surface area contributed by atoms with Crippen molar-refractivity contribution in [2.24, 2.45) is 15.7 Å². The second kappa shape index (κ2) is 10.9. The van der Waals surface area contributed by atoms with Gasteiger partial charge in [-0.2, -0.15) is 0 Å². The summed E-state index contributed by atoms with van der Waals surface area (Å²) in [5.74, 6) is 0.254. The number of hydrogen-bond donors (Lipinski definition) is 5. The van der Waals surface area contributed by atoms with E-state index in [9.17, 15) is 9.60 Å². The first kappa shape index (κ1) is 22.0. The minimum Gasteiger partial charge on any atom is -0.370 e. The summed E-state index contributed by atoms with van der Waals surface area (Å²) >= 11 is 3.09. The third-order valence-corrected chi connectivity index (χ3v) is 5.21. The first-order chi connectivity index (χ1) is 14.6. The number of amidine groups is 1. The number of guanidine groups is 1. The number of nitrogens with two attached hydrogens (primary N) is 1. The maximum Gasteiger partial charge on any atom is 0.202 e. The average Bonchev–Trinajstić information content (AvgIpc) is 3.21. The molecule has 10 nitrogen and oxygen atoms in total. The fraction of sp³-hybridized carbons (Fsp3) is 0.444. The van der Waals surface area contributed by atoms with Gasteiger partial charge in [-0.15, -0.1) is 0 Å². The maximum atomic E-state index is 13.4. The number of nitrogens with one attached hydrogen (secondary N) is 3. The minimum absolute atomic E-state index is 0.0146. The van der Waals surface area contributed by atoms with Crippen molar-refractivity contribution < 1.29 is 14.2 Å². The minimum atomic E-state index is -0.421. The Balaban J connectivity index is 1.58. The SMILES string of the molecule is NC(=NCCNc1nonc1C(=Nc1ccc(F)c(Br)c1)NO)NC1CCCCC1. The van der Waals surface area contributed by atoms with E-state index in [4.69, 9.17) is 10.4 Å². The summed E-state index contributed by atoms with van der Waals surface area (Å²) in [5.41, 5.74) is 8.46. The molecule has 0 atom stereocenters. The monoisotopic (exact) mass is 482 g/mol. The number of aliphatic imine (C=N–C) groups is 2. The predicted molar refractivity (Wildman–Crippen MR) is 115 cm³/mol. The van der Waals surface area contributed by atoms with Gasteiger partial charge < -0.3 is 16.4 Å². The predicted octanol–water partition coefficient (Wildman–Crippen LogP) is 2.68. The van der Waals surface area contributed by atoms with Gasteiger partial charge in [0.05, 0.1) is 16.7 Å². The van der Waals surface area contributed by atoms with Crippen LogP contribution in [-0.4, -0.2) is 46.4 Å². The topological polar surface area (TPSA) is 146 Å². The number of anilines is 1. The molecule has 0 saturated heterocycles. The lowest BCUT2D eigenvalue weighted by Gasteiger charge is -2.23. The molecule has 0 aliphatic heterocycles. The molecule has 162 valence electrons. The molecule has 1 aliphatic rings. The summed E-state index contributed by atoms with van der Waals surface area (Å²) in [6.45, 7) is 0.816. The molecule has 1 saturated carbocycles. The van der Waals surface area contributed by atoms with Gasteiger partial charge in [-0.1, -0.05) is 19.3 Å². The van der Waals surface area contributed by atoms with Gasteiger partial charge >= 0.3 is 0 Å². The fourth-order valence-corrected chi connectivity index (χ4v) is 3.49. The highest BCUT2D eigenvalue weighted by molar-refractivity contribution is 9.10. The van der Waals surface area contributed by atoms with Crippen LogP contribution in [0.4, 0.5) is 15.9 Å². The van der Waals surface area contributed by atoms with Crippen LogP contribution in [0.25, 0.3) is 0 Å². The molecule has 1 aromatic carbocycles. The Morgan fingerprint density at radius 2 is 2.10 bits per heavy atom. The molecule has 1 fully saturated rings. The lowest BCUT2D eigenvalue weighted by atomic mass is 9.96. The van der Waals surface area contributed by atoms with E-state index >= 15 is 0 Å². The molecular weight excluding hydrogens is 459 g/mol. The summed E-state index contributed by atoms with van der Waals surface area (Å²) in [7, 11) is 0. The van der Waals surface area contributed by atoms with Crippen molar-refractivity contribution in [3.63, 3.8) is 0 Å². The fourth-order valence-electron chi connectivity index (χ4n) is 3.13. The van der Waals surface area contributed by atoms with Crippen LogP contribution < -0.4 is 21.8 Å². The largest absolute Gasteiger partial charge is 0.370 e. The van der Waals surface area contributed by atoms with E-state index in [-0.39, 0.29) is 21.8 Å². The van der Waals surface area contributed by atoms with Crippen LogP contribution in [0.2, 0.25) is 0 Å². The molecule has 1 aromatic heterocycles. The molecule has 0 unspecified atom stereocenters. The van der Waals surface area contributed by atoms with Gasteiger partial charge in [0.25, 0.3) is 0 Å². The number of hydroxylamine groups is 1. The van der Waals surface area contributed by atoms with Crippen molar-refractivity contribution in [2.75, 3.05) is 18.4 Å². The number of halogens is 2. The highest BCUT2D eigenvalue weighted by Gasteiger charge is 2.17. The number of hydrogen-bond acceptors (Lipinski definition) is 7. The second-order valence-corrected chi connectivity index (χ2v) is 7.66. The number of benzene rings is 1. The van der Waals surface area contributed by atoms with Crippen LogP contribution >= 0.6 is 15.9 Å². The van der Waals surface area contributed by atoms with Gasteiger partial charge in [-0.3, -0.25) is 15.7 Å². The molecule has 0 amide bonds. The zero-order chi connectivity index (χ0) is 21.3. The number of rotatable bonds is 7. The highest BCUT2D eigenvalue weighted by Crippen LogP contribution is 2.23. The molecule has 12 heteroatoms. The normalized spacial score (nSPS) is 15.8. The Bertz CT molecular complexity index is 898. The molecule has 30 heavy (non-hydrogen) atoms. The van der Waals surface area contributed by atoms with Crippen molar-refractivity contribution in [2.45, 2.75) is 38.1 Å². The summed E-state index contributed by atoms with van der Waals surface area (Å²) in [6, 6.07) is 4.56. The van der Waals surface area contributed by atoms with Crippen LogP contribution in [0, 0.1) is 5.82 Å². The van der Waals surface area contributed by atoms with Gasteiger partial charge in [-0.25, -0.2) is 14.0 Å². The average molecular weight is 483 g/mol. The summed E-state index contributed by atoms with van der Waals surface area (Å²) < 4.78 is 18.4. The van der Waals surface area contributed by atoms with E-state index in [1.165, 1.54) is 37.5 Å². The van der Waals surface area contributed by atoms with Gasteiger partial charge in [0, 0.05) is 12.6 Å². The van der Waals surface area contributed by atoms with Crippen LogP contribution in [0.15, 0.2) is 37.3 Å². The maximum absolute atomic E-state index is 13.4. The Morgan fingerprint density at radius 1 is 1.30 bits per heavy atom. The molecule has 0 spiro atoms. The van der Waals surface area contributed by atoms with Gasteiger partial charge in [0.2, 0.25) is 5.82 Å². The molecule has 3 rings (SSSR count). The smallest absolute Gasteiger partial charge is 0.202 e. The summed E-state index contributed by atoms with van der Waals surface area (Å²) in [6.07, 6.45) is 5.94. The lowest BCUT2D eigenvalue weighted by molar-refractivity contribution is 0.234. The van der Waals surface area contributed by atoms with E-state index < -0.39 is 5.82 Å². The zero-order valence-electron chi connectivity index (χ0n) is 16.2. The molecule has 0 radical (unpaired) electrons. The summed E-state index contributed by atoms with van der Waals surface area (Å²) in [4.78, 5) is 8.51. The highest BCUT2D eigenvalue weighted by atomic mass is 79.9. The Labute approximate surface area is 181 Å². The molecule has 2 aromatic rings. The molecular formula is C18H24BrFN8O2. The van der Waals surface area contributed by atoms with Crippen molar-refractivity contribution >= 4 is 39.2 Å². The van der Waals surface area contributed by atoms with Gasteiger partial charge in [0.1, 0.15) is 5.82 Å². The summed E-state index contributed by atoms with van der Waals surface area (Å²) in [5, 5.41) is 23.2. The van der Waals surface area contributed by atoms with E-state index in [0.717, 1.165) is 12.8 Å². The van der Waals surface area contributed by atoms with Crippen molar-refractivity contribution in [1.29, 1.82) is 0 Å².